The van der Waals surface area contributed by atoms with Gasteiger partial charge in [0.05, 0.1) is 25.1 Å². The second kappa shape index (κ2) is 7.19. The normalized spacial score (nSPS) is 14.6. The summed E-state index contributed by atoms with van der Waals surface area (Å²) in [6.07, 6.45) is 1.72. The van der Waals surface area contributed by atoms with Gasteiger partial charge in [-0.1, -0.05) is 6.07 Å². The topological polar surface area (TPSA) is 75.7 Å². The summed E-state index contributed by atoms with van der Waals surface area (Å²) in [6.45, 7) is 2.14. The number of hydrogen-bond donors (Lipinski definition) is 1. The van der Waals surface area contributed by atoms with E-state index in [0.29, 0.717) is 29.8 Å². The maximum atomic E-state index is 13.9. The molecule has 1 aliphatic rings. The van der Waals surface area contributed by atoms with E-state index in [1.54, 1.807) is 31.2 Å². The van der Waals surface area contributed by atoms with Gasteiger partial charge < -0.3 is 10.1 Å². The van der Waals surface area contributed by atoms with Crippen molar-refractivity contribution in [1.29, 1.82) is 0 Å². The average Bonchev–Trinajstić information content (AvgIpc) is 3.05. The van der Waals surface area contributed by atoms with Gasteiger partial charge in [-0.2, -0.15) is 0 Å². The minimum Gasteiger partial charge on any atom is -0.494 e. The Morgan fingerprint density at radius 3 is 2.63 bits per heavy atom. The van der Waals surface area contributed by atoms with Crippen LogP contribution < -0.4 is 14.4 Å². The van der Waals surface area contributed by atoms with Crippen molar-refractivity contribution in [3.05, 3.63) is 58.9 Å². The van der Waals surface area contributed by atoms with Crippen molar-refractivity contribution >= 4 is 21.6 Å². The van der Waals surface area contributed by atoms with Gasteiger partial charge in [-0.15, -0.1) is 0 Å². The summed E-state index contributed by atoms with van der Waals surface area (Å²) in [5.74, 6) is -0.653. The first-order valence-corrected chi connectivity index (χ1v) is 10.3. The van der Waals surface area contributed by atoms with E-state index in [-0.39, 0.29) is 11.7 Å². The first-order chi connectivity index (χ1) is 12.7. The number of ether oxygens (including phenoxy) is 1. The van der Waals surface area contributed by atoms with Crippen LogP contribution in [0.1, 0.15) is 34.5 Å². The molecule has 1 amide bonds. The SMILES string of the molecule is COc1ccc([C@@H](C)NC(=O)c2ccc3c(c2)CCN3S(C)(=O)=O)cc1F. The van der Waals surface area contributed by atoms with Gasteiger partial charge in [0.2, 0.25) is 10.0 Å². The average molecular weight is 392 g/mol. The van der Waals surface area contributed by atoms with Gasteiger partial charge in [-0.25, -0.2) is 12.8 Å². The highest BCUT2D eigenvalue weighted by molar-refractivity contribution is 7.92. The van der Waals surface area contributed by atoms with Crippen molar-refractivity contribution in [3.63, 3.8) is 0 Å². The number of anilines is 1. The number of methoxy groups -OCH3 is 1. The lowest BCUT2D eigenvalue weighted by atomic mass is 10.1. The van der Waals surface area contributed by atoms with E-state index < -0.39 is 21.9 Å². The van der Waals surface area contributed by atoms with E-state index in [1.807, 2.05) is 0 Å². The van der Waals surface area contributed by atoms with E-state index in [0.717, 1.165) is 5.56 Å². The van der Waals surface area contributed by atoms with Crippen LogP contribution in [0.25, 0.3) is 0 Å². The number of halogens is 1. The molecule has 0 spiro atoms. The van der Waals surface area contributed by atoms with E-state index in [1.165, 1.54) is 29.8 Å². The Hall–Kier alpha value is -2.61. The van der Waals surface area contributed by atoms with Gasteiger partial charge >= 0.3 is 0 Å². The molecule has 0 saturated heterocycles. The van der Waals surface area contributed by atoms with Gasteiger partial charge in [0.1, 0.15) is 0 Å². The van der Waals surface area contributed by atoms with Gasteiger partial charge in [-0.3, -0.25) is 9.10 Å². The molecule has 1 heterocycles. The Kier molecular flexibility index (Phi) is 5.10. The lowest BCUT2D eigenvalue weighted by Crippen LogP contribution is -2.28. The fourth-order valence-corrected chi connectivity index (χ4v) is 4.13. The van der Waals surface area contributed by atoms with Crippen LogP contribution in [0.3, 0.4) is 0 Å². The minimum absolute atomic E-state index is 0.145. The van der Waals surface area contributed by atoms with Crippen molar-refractivity contribution in [2.24, 2.45) is 0 Å². The highest BCUT2D eigenvalue weighted by atomic mass is 32.2. The third-order valence-electron chi connectivity index (χ3n) is 4.62. The number of rotatable bonds is 5. The smallest absolute Gasteiger partial charge is 0.251 e. The molecule has 0 aliphatic carbocycles. The summed E-state index contributed by atoms with van der Waals surface area (Å²) in [6, 6.07) is 9.09. The maximum absolute atomic E-state index is 13.9. The van der Waals surface area contributed by atoms with Crippen molar-refractivity contribution in [2.75, 3.05) is 24.2 Å². The Bertz CT molecular complexity index is 991. The molecule has 0 radical (unpaired) electrons. The number of hydrogen-bond acceptors (Lipinski definition) is 4. The zero-order valence-corrected chi connectivity index (χ0v) is 16.1. The number of carbonyl (C=O) groups excluding carboxylic acids is 1. The molecule has 0 saturated carbocycles. The molecular weight excluding hydrogens is 371 g/mol. The second-order valence-corrected chi connectivity index (χ2v) is 8.42. The Morgan fingerprint density at radius 2 is 2.00 bits per heavy atom. The van der Waals surface area contributed by atoms with Gasteiger partial charge in [0, 0.05) is 12.1 Å². The second-order valence-electron chi connectivity index (χ2n) is 6.52. The van der Waals surface area contributed by atoms with Gasteiger partial charge in [0.15, 0.2) is 11.6 Å². The molecule has 144 valence electrons. The third-order valence-corrected chi connectivity index (χ3v) is 5.80. The number of amides is 1. The predicted octanol–water partition coefficient (Wildman–Crippen LogP) is 2.65. The van der Waals surface area contributed by atoms with Crippen molar-refractivity contribution in [1.82, 2.24) is 5.32 Å². The van der Waals surface area contributed by atoms with Gasteiger partial charge in [0.25, 0.3) is 5.91 Å². The molecule has 1 N–H and O–H groups in total. The molecule has 0 unspecified atom stereocenters. The molecule has 3 rings (SSSR count). The number of benzene rings is 2. The fourth-order valence-electron chi connectivity index (χ4n) is 3.17. The Morgan fingerprint density at radius 1 is 1.26 bits per heavy atom. The molecule has 2 aromatic rings. The van der Waals surface area contributed by atoms with Crippen LogP contribution in [0, 0.1) is 5.82 Å². The van der Waals surface area contributed by atoms with Crippen LogP contribution >= 0.6 is 0 Å². The minimum atomic E-state index is -3.33. The molecule has 0 aromatic heterocycles. The van der Waals surface area contributed by atoms with Crippen LogP contribution in [-0.4, -0.2) is 34.2 Å². The lowest BCUT2D eigenvalue weighted by Gasteiger charge is -2.17. The number of nitrogens with one attached hydrogen (secondary N) is 1. The Balaban J connectivity index is 1.76. The first-order valence-electron chi connectivity index (χ1n) is 8.45. The number of nitrogens with zero attached hydrogens (tertiary/aromatic N) is 1. The van der Waals surface area contributed by atoms with Crippen LogP contribution in [0.2, 0.25) is 0 Å². The standard InChI is InChI=1S/C19H21FN2O4S/c1-12(13-5-7-18(26-2)16(20)11-13)21-19(23)15-4-6-17-14(10-15)8-9-22(17)27(3,24)25/h4-7,10-12H,8-9H2,1-3H3,(H,21,23)/t12-/m1/s1. The molecule has 2 aromatic carbocycles. The van der Waals surface area contributed by atoms with Crippen LogP contribution in [0.5, 0.6) is 5.75 Å². The summed E-state index contributed by atoms with van der Waals surface area (Å²) in [5.41, 5.74) is 2.48. The van der Waals surface area contributed by atoms with Crippen molar-refractivity contribution in [3.8, 4) is 5.75 Å². The molecule has 0 fully saturated rings. The molecule has 1 atom stereocenters. The number of sulfonamides is 1. The zero-order valence-electron chi connectivity index (χ0n) is 15.3. The van der Waals surface area contributed by atoms with Crippen molar-refractivity contribution in [2.45, 2.75) is 19.4 Å². The highest BCUT2D eigenvalue weighted by Gasteiger charge is 2.27. The quantitative estimate of drug-likeness (QED) is 0.849. The highest BCUT2D eigenvalue weighted by Crippen LogP contribution is 2.31. The Labute approximate surface area is 158 Å². The predicted molar refractivity (Wildman–Crippen MR) is 101 cm³/mol. The van der Waals surface area contributed by atoms with Crippen LogP contribution in [-0.2, 0) is 16.4 Å². The number of carbonyl (C=O) groups is 1. The largest absolute Gasteiger partial charge is 0.494 e. The van der Waals surface area contributed by atoms with Gasteiger partial charge in [-0.05, 0) is 54.8 Å². The summed E-state index contributed by atoms with van der Waals surface area (Å²) in [5, 5.41) is 2.83. The third kappa shape index (κ3) is 3.90. The molecule has 0 bridgehead atoms. The summed E-state index contributed by atoms with van der Waals surface area (Å²) in [4.78, 5) is 12.6. The van der Waals surface area contributed by atoms with E-state index in [9.17, 15) is 17.6 Å². The fraction of sp³-hybridized carbons (Fsp3) is 0.316. The summed E-state index contributed by atoms with van der Waals surface area (Å²) >= 11 is 0. The van der Waals surface area contributed by atoms with E-state index >= 15 is 0 Å². The summed E-state index contributed by atoms with van der Waals surface area (Å²) in [7, 11) is -1.94. The lowest BCUT2D eigenvalue weighted by molar-refractivity contribution is 0.0939. The number of fused-ring (bicyclic) bond motifs is 1. The van der Waals surface area contributed by atoms with Crippen LogP contribution in [0.15, 0.2) is 36.4 Å². The first kappa shape index (κ1) is 19.2. The monoisotopic (exact) mass is 392 g/mol. The van der Waals surface area contributed by atoms with E-state index in [2.05, 4.69) is 5.32 Å². The summed E-state index contributed by atoms with van der Waals surface area (Å²) < 4.78 is 43.7. The molecule has 27 heavy (non-hydrogen) atoms. The maximum Gasteiger partial charge on any atom is 0.251 e. The molecule has 8 heteroatoms. The van der Waals surface area contributed by atoms with Crippen molar-refractivity contribution < 1.29 is 22.3 Å². The molecule has 1 aliphatic heterocycles. The molecular formula is C19H21FN2O4S. The van der Waals surface area contributed by atoms with Crippen LogP contribution in [0.4, 0.5) is 10.1 Å². The van der Waals surface area contributed by atoms with E-state index in [4.69, 9.17) is 4.74 Å². The molecule has 6 nitrogen and oxygen atoms in total. The zero-order chi connectivity index (χ0) is 19.8.